The van der Waals surface area contributed by atoms with Gasteiger partial charge in [-0.25, -0.2) is 0 Å². The third-order valence-corrected chi connectivity index (χ3v) is 4.42. The second-order valence-electron chi connectivity index (χ2n) is 6.12. The summed E-state index contributed by atoms with van der Waals surface area (Å²) in [5.41, 5.74) is 8.31. The fourth-order valence-electron chi connectivity index (χ4n) is 3.08. The molecular formula is C15H24N4O2. The third kappa shape index (κ3) is 3.57. The fourth-order valence-corrected chi connectivity index (χ4v) is 3.08. The summed E-state index contributed by atoms with van der Waals surface area (Å²) in [6, 6.07) is 0.189. The highest BCUT2D eigenvalue weighted by atomic mass is 16.6. The summed E-state index contributed by atoms with van der Waals surface area (Å²) in [6.45, 7) is 8.19. The summed E-state index contributed by atoms with van der Waals surface area (Å²) in [6.07, 6.45) is 3.89. The van der Waals surface area contributed by atoms with E-state index in [2.05, 4.69) is 9.88 Å². The van der Waals surface area contributed by atoms with E-state index in [9.17, 15) is 10.1 Å². The van der Waals surface area contributed by atoms with Crippen molar-refractivity contribution >= 4 is 5.69 Å². The molecule has 21 heavy (non-hydrogen) atoms. The van der Waals surface area contributed by atoms with Crippen LogP contribution in [-0.4, -0.2) is 33.9 Å². The summed E-state index contributed by atoms with van der Waals surface area (Å²) < 4.78 is 0. The molecule has 2 atom stereocenters. The van der Waals surface area contributed by atoms with Crippen molar-refractivity contribution in [3.8, 4) is 0 Å². The minimum absolute atomic E-state index is 0.189. The summed E-state index contributed by atoms with van der Waals surface area (Å²) in [7, 11) is 0. The number of likely N-dealkylation sites (tertiary alicyclic amines) is 1. The molecule has 0 aromatic carbocycles. The summed E-state index contributed by atoms with van der Waals surface area (Å²) in [5.74, 6) is 0.500. The van der Waals surface area contributed by atoms with Gasteiger partial charge in [0, 0.05) is 36.5 Å². The Morgan fingerprint density at radius 2 is 2.29 bits per heavy atom. The molecule has 2 rings (SSSR count). The molecule has 6 nitrogen and oxygen atoms in total. The van der Waals surface area contributed by atoms with Crippen molar-refractivity contribution in [2.45, 2.75) is 46.2 Å². The molecule has 0 radical (unpaired) electrons. The number of piperidine rings is 1. The lowest BCUT2D eigenvalue weighted by Crippen LogP contribution is -2.42. The number of aromatic nitrogens is 1. The van der Waals surface area contributed by atoms with Crippen LogP contribution < -0.4 is 5.73 Å². The molecule has 0 saturated carbocycles. The van der Waals surface area contributed by atoms with Crippen LogP contribution in [0.1, 0.15) is 36.6 Å². The minimum atomic E-state index is -0.309. The van der Waals surface area contributed by atoms with Crippen LogP contribution in [-0.2, 0) is 6.54 Å². The Balaban J connectivity index is 2.16. The SMILES string of the molecule is Cc1cnc(CN2CCCC(C(C)N)C2)c(C)c1[N+](=O)[O-]. The quantitative estimate of drug-likeness (QED) is 0.679. The Hall–Kier alpha value is -1.53. The maximum Gasteiger partial charge on any atom is 0.278 e. The van der Waals surface area contributed by atoms with E-state index in [-0.39, 0.29) is 16.7 Å². The summed E-state index contributed by atoms with van der Waals surface area (Å²) >= 11 is 0. The molecular weight excluding hydrogens is 268 g/mol. The molecule has 2 N–H and O–H groups in total. The molecule has 0 spiro atoms. The van der Waals surface area contributed by atoms with E-state index in [4.69, 9.17) is 5.73 Å². The summed E-state index contributed by atoms with van der Waals surface area (Å²) in [5, 5.41) is 11.2. The van der Waals surface area contributed by atoms with Crippen LogP contribution in [0.4, 0.5) is 5.69 Å². The highest BCUT2D eigenvalue weighted by Gasteiger charge is 2.25. The molecule has 1 aromatic heterocycles. The van der Waals surface area contributed by atoms with Gasteiger partial charge in [-0.1, -0.05) is 0 Å². The molecule has 6 heteroatoms. The van der Waals surface area contributed by atoms with E-state index in [1.807, 2.05) is 6.92 Å². The molecule has 1 aliphatic heterocycles. The number of rotatable bonds is 4. The second-order valence-corrected chi connectivity index (χ2v) is 6.12. The minimum Gasteiger partial charge on any atom is -0.328 e. The van der Waals surface area contributed by atoms with Crippen LogP contribution in [0, 0.1) is 29.9 Å². The van der Waals surface area contributed by atoms with Crippen LogP contribution in [0.15, 0.2) is 6.20 Å². The van der Waals surface area contributed by atoms with Gasteiger partial charge in [0.2, 0.25) is 0 Å². The predicted molar refractivity (Wildman–Crippen MR) is 82.0 cm³/mol. The molecule has 116 valence electrons. The zero-order valence-electron chi connectivity index (χ0n) is 13.0. The van der Waals surface area contributed by atoms with Crippen LogP contribution >= 0.6 is 0 Å². The molecule has 0 bridgehead atoms. The van der Waals surface area contributed by atoms with E-state index in [1.54, 1.807) is 20.0 Å². The molecule has 1 saturated heterocycles. The first-order valence-corrected chi connectivity index (χ1v) is 7.47. The Labute approximate surface area is 125 Å². The topological polar surface area (TPSA) is 85.3 Å². The Kier molecular flexibility index (Phi) is 4.90. The van der Waals surface area contributed by atoms with Crippen molar-refractivity contribution in [2.24, 2.45) is 11.7 Å². The molecule has 1 aliphatic rings. The molecule has 0 aliphatic carbocycles. The Bertz CT molecular complexity index is 531. The third-order valence-electron chi connectivity index (χ3n) is 4.42. The van der Waals surface area contributed by atoms with Gasteiger partial charge < -0.3 is 5.73 Å². The zero-order chi connectivity index (χ0) is 15.6. The maximum absolute atomic E-state index is 11.2. The van der Waals surface area contributed by atoms with Gasteiger partial charge in [0.15, 0.2) is 0 Å². The number of nitrogens with two attached hydrogens (primary N) is 1. The predicted octanol–water partition coefficient (Wildman–Crippen LogP) is 2.17. The van der Waals surface area contributed by atoms with Gasteiger partial charge in [-0.15, -0.1) is 0 Å². The maximum atomic E-state index is 11.2. The highest BCUT2D eigenvalue weighted by molar-refractivity contribution is 5.47. The average Bonchev–Trinajstić information content (AvgIpc) is 2.42. The largest absolute Gasteiger partial charge is 0.328 e. The number of hydrogen-bond donors (Lipinski definition) is 1. The van der Waals surface area contributed by atoms with E-state index < -0.39 is 0 Å². The zero-order valence-corrected chi connectivity index (χ0v) is 13.0. The van der Waals surface area contributed by atoms with Crippen LogP contribution in [0.3, 0.4) is 0 Å². The van der Waals surface area contributed by atoms with Crippen molar-refractivity contribution < 1.29 is 4.92 Å². The van der Waals surface area contributed by atoms with E-state index in [0.717, 1.165) is 31.6 Å². The van der Waals surface area contributed by atoms with E-state index in [0.29, 0.717) is 23.6 Å². The van der Waals surface area contributed by atoms with Crippen molar-refractivity contribution in [1.29, 1.82) is 0 Å². The summed E-state index contributed by atoms with van der Waals surface area (Å²) in [4.78, 5) is 17.6. The lowest BCUT2D eigenvalue weighted by Gasteiger charge is -2.34. The number of nitro groups is 1. The van der Waals surface area contributed by atoms with Crippen LogP contribution in [0.25, 0.3) is 0 Å². The molecule has 1 aromatic rings. The van der Waals surface area contributed by atoms with Crippen molar-refractivity contribution in [1.82, 2.24) is 9.88 Å². The van der Waals surface area contributed by atoms with E-state index >= 15 is 0 Å². The Morgan fingerprint density at radius 3 is 2.90 bits per heavy atom. The molecule has 2 heterocycles. The first-order valence-electron chi connectivity index (χ1n) is 7.47. The first kappa shape index (κ1) is 15.9. The average molecular weight is 292 g/mol. The lowest BCUT2D eigenvalue weighted by atomic mass is 9.92. The normalized spacial score (nSPS) is 21.2. The number of pyridine rings is 1. The molecule has 1 fully saturated rings. The highest BCUT2D eigenvalue weighted by Crippen LogP contribution is 2.26. The Morgan fingerprint density at radius 1 is 1.57 bits per heavy atom. The van der Waals surface area contributed by atoms with Gasteiger partial charge >= 0.3 is 0 Å². The van der Waals surface area contributed by atoms with Gasteiger partial charge in [0.25, 0.3) is 5.69 Å². The van der Waals surface area contributed by atoms with Crippen molar-refractivity contribution in [3.63, 3.8) is 0 Å². The fraction of sp³-hybridized carbons (Fsp3) is 0.667. The number of hydrogen-bond acceptors (Lipinski definition) is 5. The van der Waals surface area contributed by atoms with Crippen molar-refractivity contribution in [3.05, 3.63) is 33.1 Å². The number of aryl methyl sites for hydroxylation is 1. The van der Waals surface area contributed by atoms with Crippen LogP contribution in [0.2, 0.25) is 0 Å². The van der Waals surface area contributed by atoms with Gasteiger partial charge in [-0.3, -0.25) is 20.0 Å². The molecule has 0 amide bonds. The smallest absolute Gasteiger partial charge is 0.278 e. The van der Waals surface area contributed by atoms with Crippen molar-refractivity contribution in [2.75, 3.05) is 13.1 Å². The second kappa shape index (κ2) is 6.49. The first-order chi connectivity index (χ1) is 9.90. The van der Waals surface area contributed by atoms with Gasteiger partial charge in [0.05, 0.1) is 10.6 Å². The van der Waals surface area contributed by atoms with Crippen LogP contribution in [0.5, 0.6) is 0 Å². The lowest BCUT2D eigenvalue weighted by molar-refractivity contribution is -0.386. The monoisotopic (exact) mass is 292 g/mol. The van der Waals surface area contributed by atoms with E-state index in [1.165, 1.54) is 0 Å². The number of nitrogens with zero attached hydrogens (tertiary/aromatic N) is 3. The molecule has 2 unspecified atom stereocenters. The van der Waals surface area contributed by atoms with Gasteiger partial charge in [-0.2, -0.15) is 0 Å². The van der Waals surface area contributed by atoms with Gasteiger partial charge in [0.1, 0.15) is 0 Å². The standard InChI is InChI=1S/C15H24N4O2/c1-10-7-17-14(11(2)15(10)19(20)21)9-18-6-4-5-13(8-18)12(3)16/h7,12-13H,4-6,8-9,16H2,1-3H3. The van der Waals surface area contributed by atoms with Gasteiger partial charge in [-0.05, 0) is 46.1 Å².